The van der Waals surface area contributed by atoms with Gasteiger partial charge in [0.2, 0.25) is 0 Å². The van der Waals surface area contributed by atoms with Crippen LogP contribution in [0.2, 0.25) is 0 Å². The van der Waals surface area contributed by atoms with Crippen molar-refractivity contribution >= 4 is 29.9 Å². The molecule has 1 saturated carbocycles. The SMILES string of the molecule is CCNC(=NCc1ccc(CN(C)C)cc1)N1CC2CCCCC2C1.I. The molecule has 2 atom stereocenters. The van der Waals surface area contributed by atoms with Gasteiger partial charge in [-0.25, -0.2) is 4.99 Å². The fraction of sp³-hybridized carbons (Fsp3) is 0.667. The van der Waals surface area contributed by atoms with E-state index in [0.717, 1.165) is 37.4 Å². The van der Waals surface area contributed by atoms with Gasteiger partial charge in [0, 0.05) is 26.2 Å². The van der Waals surface area contributed by atoms with Crippen molar-refractivity contribution in [2.45, 2.75) is 45.7 Å². The molecule has 1 N–H and O–H groups in total. The summed E-state index contributed by atoms with van der Waals surface area (Å²) in [5.74, 6) is 2.89. The predicted molar refractivity (Wildman–Crippen MR) is 121 cm³/mol. The van der Waals surface area contributed by atoms with Gasteiger partial charge in [-0.1, -0.05) is 37.1 Å². The number of fused-ring (bicyclic) bond motifs is 1. The van der Waals surface area contributed by atoms with Crippen LogP contribution >= 0.6 is 24.0 Å². The third-order valence-corrected chi connectivity index (χ3v) is 5.54. The van der Waals surface area contributed by atoms with Gasteiger partial charge < -0.3 is 15.1 Å². The summed E-state index contributed by atoms with van der Waals surface area (Å²) in [6.45, 7) is 7.23. The molecule has 1 aliphatic carbocycles. The number of halogens is 1. The van der Waals surface area contributed by atoms with Gasteiger partial charge in [0.25, 0.3) is 0 Å². The van der Waals surface area contributed by atoms with Gasteiger partial charge >= 0.3 is 0 Å². The Morgan fingerprint density at radius 2 is 1.65 bits per heavy atom. The Balaban J connectivity index is 0.00000243. The van der Waals surface area contributed by atoms with E-state index in [4.69, 9.17) is 4.99 Å². The van der Waals surface area contributed by atoms with E-state index < -0.39 is 0 Å². The van der Waals surface area contributed by atoms with E-state index in [1.807, 2.05) is 0 Å². The molecule has 26 heavy (non-hydrogen) atoms. The first-order chi connectivity index (χ1) is 12.2. The summed E-state index contributed by atoms with van der Waals surface area (Å²) in [5, 5.41) is 3.51. The van der Waals surface area contributed by atoms with Gasteiger partial charge in [-0.3, -0.25) is 0 Å². The first-order valence-electron chi connectivity index (χ1n) is 9.91. The number of nitrogens with zero attached hydrogens (tertiary/aromatic N) is 3. The van der Waals surface area contributed by atoms with Crippen LogP contribution in [0.15, 0.2) is 29.3 Å². The molecule has 1 heterocycles. The predicted octanol–water partition coefficient (Wildman–Crippen LogP) is 3.95. The van der Waals surface area contributed by atoms with Gasteiger partial charge in [-0.15, -0.1) is 24.0 Å². The first kappa shape index (κ1) is 21.5. The van der Waals surface area contributed by atoms with Crippen molar-refractivity contribution in [2.24, 2.45) is 16.8 Å². The van der Waals surface area contributed by atoms with Crippen molar-refractivity contribution in [2.75, 3.05) is 33.7 Å². The van der Waals surface area contributed by atoms with Crippen molar-refractivity contribution in [3.63, 3.8) is 0 Å². The number of aliphatic imine (C=N–C) groups is 1. The van der Waals surface area contributed by atoms with Gasteiger partial charge in [-0.05, 0) is 56.8 Å². The number of rotatable bonds is 5. The van der Waals surface area contributed by atoms with Crippen molar-refractivity contribution in [1.82, 2.24) is 15.1 Å². The molecule has 1 aliphatic heterocycles. The molecule has 146 valence electrons. The van der Waals surface area contributed by atoms with E-state index >= 15 is 0 Å². The Kier molecular flexibility index (Phi) is 8.67. The normalized spacial score (nSPS) is 22.9. The monoisotopic (exact) mass is 470 g/mol. The topological polar surface area (TPSA) is 30.9 Å². The molecule has 0 radical (unpaired) electrons. The third-order valence-electron chi connectivity index (χ3n) is 5.54. The number of hydrogen-bond donors (Lipinski definition) is 1. The molecule has 1 saturated heterocycles. The quantitative estimate of drug-likeness (QED) is 0.402. The lowest BCUT2D eigenvalue weighted by molar-refractivity contribution is 0.299. The number of likely N-dealkylation sites (tertiary alicyclic amines) is 1. The van der Waals surface area contributed by atoms with Crippen LogP contribution in [0.1, 0.15) is 43.7 Å². The molecular weight excluding hydrogens is 435 g/mol. The van der Waals surface area contributed by atoms with Crippen molar-refractivity contribution in [3.8, 4) is 0 Å². The average Bonchev–Trinajstić information content (AvgIpc) is 3.03. The first-order valence-corrected chi connectivity index (χ1v) is 9.91. The molecule has 1 aromatic rings. The number of benzene rings is 1. The van der Waals surface area contributed by atoms with Crippen molar-refractivity contribution < 1.29 is 0 Å². The van der Waals surface area contributed by atoms with Gasteiger partial charge in [0.15, 0.2) is 5.96 Å². The second-order valence-corrected chi connectivity index (χ2v) is 7.93. The summed E-state index contributed by atoms with van der Waals surface area (Å²) in [6.07, 6.45) is 5.66. The highest BCUT2D eigenvalue weighted by Gasteiger charge is 2.35. The van der Waals surface area contributed by atoms with E-state index in [9.17, 15) is 0 Å². The van der Waals surface area contributed by atoms with Crippen LogP contribution in [0.5, 0.6) is 0 Å². The van der Waals surface area contributed by atoms with Crippen LogP contribution in [-0.4, -0.2) is 49.5 Å². The highest BCUT2D eigenvalue weighted by atomic mass is 127. The maximum Gasteiger partial charge on any atom is 0.194 e. The Morgan fingerprint density at radius 3 is 2.19 bits per heavy atom. The van der Waals surface area contributed by atoms with E-state index in [-0.39, 0.29) is 24.0 Å². The maximum absolute atomic E-state index is 4.94. The van der Waals surface area contributed by atoms with Crippen molar-refractivity contribution in [1.29, 1.82) is 0 Å². The molecule has 5 heteroatoms. The number of hydrogen-bond acceptors (Lipinski definition) is 2. The third kappa shape index (κ3) is 5.84. The Bertz CT molecular complexity index is 556. The van der Waals surface area contributed by atoms with Crippen LogP contribution in [-0.2, 0) is 13.1 Å². The second kappa shape index (κ2) is 10.5. The highest BCUT2D eigenvalue weighted by molar-refractivity contribution is 14.0. The minimum absolute atomic E-state index is 0. The molecule has 0 spiro atoms. The fourth-order valence-electron chi connectivity index (χ4n) is 4.29. The molecule has 0 aromatic heterocycles. The Labute approximate surface area is 176 Å². The molecule has 1 aromatic carbocycles. The summed E-state index contributed by atoms with van der Waals surface area (Å²) in [7, 11) is 4.21. The van der Waals surface area contributed by atoms with E-state index in [0.29, 0.717) is 0 Å². The number of nitrogens with one attached hydrogen (secondary N) is 1. The van der Waals surface area contributed by atoms with Crippen molar-refractivity contribution in [3.05, 3.63) is 35.4 Å². The molecular formula is C21H35IN4. The standard InChI is InChI=1S/C21H34N4.HI/c1-4-22-21(25-15-19-7-5-6-8-20(19)16-25)23-13-17-9-11-18(12-10-17)14-24(2)3;/h9-12,19-20H,4-8,13-16H2,1-3H3,(H,22,23);1H. The van der Waals surface area contributed by atoms with Gasteiger partial charge in [-0.2, -0.15) is 0 Å². The zero-order chi connectivity index (χ0) is 17.6. The van der Waals surface area contributed by atoms with Crippen LogP contribution in [0.3, 0.4) is 0 Å². The summed E-state index contributed by atoms with van der Waals surface area (Å²) >= 11 is 0. The van der Waals surface area contributed by atoms with Crippen LogP contribution in [0.4, 0.5) is 0 Å². The molecule has 2 aliphatic rings. The summed E-state index contributed by atoms with van der Waals surface area (Å²) in [5.41, 5.74) is 2.64. The summed E-state index contributed by atoms with van der Waals surface area (Å²) in [6, 6.07) is 8.88. The van der Waals surface area contributed by atoms with Crippen LogP contribution < -0.4 is 5.32 Å². The lowest BCUT2D eigenvalue weighted by Gasteiger charge is -2.22. The zero-order valence-corrected chi connectivity index (χ0v) is 18.9. The minimum atomic E-state index is 0. The highest BCUT2D eigenvalue weighted by Crippen LogP contribution is 2.35. The largest absolute Gasteiger partial charge is 0.357 e. The Hall–Kier alpha value is -0.820. The molecule has 2 unspecified atom stereocenters. The van der Waals surface area contributed by atoms with Gasteiger partial charge in [0.1, 0.15) is 0 Å². The zero-order valence-electron chi connectivity index (χ0n) is 16.6. The van der Waals surface area contributed by atoms with Crippen LogP contribution in [0, 0.1) is 11.8 Å². The van der Waals surface area contributed by atoms with E-state index in [2.05, 4.69) is 60.4 Å². The lowest BCUT2D eigenvalue weighted by Crippen LogP contribution is -2.40. The average molecular weight is 470 g/mol. The molecule has 0 bridgehead atoms. The number of guanidine groups is 1. The summed E-state index contributed by atoms with van der Waals surface area (Å²) in [4.78, 5) is 9.64. The summed E-state index contributed by atoms with van der Waals surface area (Å²) < 4.78 is 0. The molecule has 4 nitrogen and oxygen atoms in total. The van der Waals surface area contributed by atoms with E-state index in [1.54, 1.807) is 0 Å². The fourth-order valence-corrected chi connectivity index (χ4v) is 4.29. The lowest BCUT2D eigenvalue weighted by atomic mass is 9.82. The van der Waals surface area contributed by atoms with Crippen LogP contribution in [0.25, 0.3) is 0 Å². The molecule has 2 fully saturated rings. The Morgan fingerprint density at radius 1 is 1.08 bits per heavy atom. The second-order valence-electron chi connectivity index (χ2n) is 7.93. The smallest absolute Gasteiger partial charge is 0.194 e. The van der Waals surface area contributed by atoms with Gasteiger partial charge in [0.05, 0.1) is 6.54 Å². The molecule has 3 rings (SSSR count). The van der Waals surface area contributed by atoms with E-state index in [1.165, 1.54) is 49.9 Å². The minimum Gasteiger partial charge on any atom is -0.357 e. The molecule has 0 amide bonds. The maximum atomic E-state index is 4.94.